The smallest absolute Gasteiger partial charge is 0.407 e. The van der Waals surface area contributed by atoms with Crippen LogP contribution in [0.3, 0.4) is 0 Å². The zero-order valence-electron chi connectivity index (χ0n) is 19.2. The third kappa shape index (κ3) is 7.20. The summed E-state index contributed by atoms with van der Waals surface area (Å²) in [5, 5.41) is 2.81. The molecule has 1 aliphatic heterocycles. The van der Waals surface area contributed by atoms with E-state index < -0.39 is 5.60 Å². The normalized spacial score (nSPS) is 22.1. The molecule has 0 radical (unpaired) electrons. The average Bonchev–Trinajstić information content (AvgIpc) is 3.46. The van der Waals surface area contributed by atoms with E-state index in [2.05, 4.69) is 10.2 Å². The van der Waals surface area contributed by atoms with Crippen molar-refractivity contribution in [1.29, 1.82) is 0 Å². The van der Waals surface area contributed by atoms with Gasteiger partial charge in [-0.25, -0.2) is 9.18 Å². The quantitative estimate of drug-likeness (QED) is 0.711. The molecule has 2 atom stereocenters. The minimum atomic E-state index is -0.484. The van der Waals surface area contributed by atoms with Gasteiger partial charge in [0.15, 0.2) is 0 Å². The third-order valence-corrected chi connectivity index (χ3v) is 6.12. The molecule has 2 amide bonds. The topological polar surface area (TPSA) is 61.9 Å². The number of piperidine rings is 1. The molecule has 172 valence electrons. The molecule has 0 bridgehead atoms. The second-order valence-electron chi connectivity index (χ2n) is 9.85. The van der Waals surface area contributed by atoms with Gasteiger partial charge < -0.3 is 19.9 Å². The van der Waals surface area contributed by atoms with Crippen molar-refractivity contribution in [1.82, 2.24) is 15.1 Å². The number of benzene rings is 1. The highest BCUT2D eigenvalue weighted by Crippen LogP contribution is 2.45. The Hall–Kier alpha value is -2.15. The van der Waals surface area contributed by atoms with Gasteiger partial charge in [0.1, 0.15) is 11.4 Å². The molecule has 2 unspecified atom stereocenters. The molecule has 7 heteroatoms. The van der Waals surface area contributed by atoms with Crippen LogP contribution < -0.4 is 5.32 Å². The van der Waals surface area contributed by atoms with E-state index in [1.165, 1.54) is 12.1 Å². The van der Waals surface area contributed by atoms with Gasteiger partial charge in [-0.2, -0.15) is 0 Å². The maximum absolute atomic E-state index is 13.2. The lowest BCUT2D eigenvalue weighted by molar-refractivity contribution is -0.130. The number of rotatable bonds is 7. The average molecular weight is 434 g/mol. The molecule has 1 aromatic carbocycles. The van der Waals surface area contributed by atoms with Crippen LogP contribution in [0.4, 0.5) is 9.18 Å². The van der Waals surface area contributed by atoms with Crippen LogP contribution in [0.15, 0.2) is 24.3 Å². The van der Waals surface area contributed by atoms with Crippen LogP contribution in [0.25, 0.3) is 0 Å². The number of carbonyl (C=O) groups is 2. The summed E-state index contributed by atoms with van der Waals surface area (Å²) in [6.07, 6.45) is 2.67. The van der Waals surface area contributed by atoms with Crippen molar-refractivity contribution in [3.8, 4) is 0 Å². The first kappa shape index (κ1) is 23.5. The van der Waals surface area contributed by atoms with Crippen LogP contribution in [0.1, 0.15) is 58.4 Å². The largest absolute Gasteiger partial charge is 0.444 e. The number of nitrogens with zero attached hydrogens (tertiary/aromatic N) is 2. The summed E-state index contributed by atoms with van der Waals surface area (Å²) in [6.45, 7) is 11.3. The summed E-state index contributed by atoms with van der Waals surface area (Å²) < 4.78 is 18.4. The fraction of sp³-hybridized carbons (Fsp3) is 0.667. The maximum Gasteiger partial charge on any atom is 0.407 e. The van der Waals surface area contributed by atoms with Gasteiger partial charge >= 0.3 is 6.09 Å². The predicted octanol–water partition coefficient (Wildman–Crippen LogP) is 3.77. The molecule has 1 N–H and O–H groups in total. The lowest BCUT2D eigenvalue weighted by Gasteiger charge is -2.35. The van der Waals surface area contributed by atoms with Crippen LogP contribution in [0.5, 0.6) is 0 Å². The Morgan fingerprint density at radius 2 is 1.84 bits per heavy atom. The van der Waals surface area contributed by atoms with E-state index in [1.807, 2.05) is 37.8 Å². The van der Waals surface area contributed by atoms with E-state index in [-0.39, 0.29) is 23.9 Å². The van der Waals surface area contributed by atoms with Crippen molar-refractivity contribution >= 4 is 12.0 Å². The van der Waals surface area contributed by atoms with Crippen molar-refractivity contribution in [2.24, 2.45) is 5.92 Å². The van der Waals surface area contributed by atoms with Crippen molar-refractivity contribution < 1.29 is 18.7 Å². The Balaban J connectivity index is 1.39. The third-order valence-electron chi connectivity index (χ3n) is 6.12. The van der Waals surface area contributed by atoms with E-state index in [1.54, 1.807) is 6.92 Å². The summed E-state index contributed by atoms with van der Waals surface area (Å²) in [5.41, 5.74) is 0.632. The van der Waals surface area contributed by atoms with E-state index in [0.717, 1.165) is 51.0 Å². The first-order valence-electron chi connectivity index (χ1n) is 11.3. The first-order valence-corrected chi connectivity index (χ1v) is 11.3. The number of likely N-dealkylation sites (tertiary alicyclic amines) is 1. The molecule has 0 spiro atoms. The van der Waals surface area contributed by atoms with Gasteiger partial charge in [0, 0.05) is 38.5 Å². The number of nitrogens with one attached hydrogen (secondary N) is 1. The molecule has 1 aromatic rings. The number of amides is 2. The van der Waals surface area contributed by atoms with Crippen LogP contribution in [0.2, 0.25) is 0 Å². The van der Waals surface area contributed by atoms with Gasteiger partial charge in [-0.15, -0.1) is 0 Å². The SMILES string of the molecule is CC(=O)N(CC1CCN(CCNC(=O)OC(C)(C)C)CC1)C1CC1c1ccc(F)cc1. The van der Waals surface area contributed by atoms with Gasteiger partial charge in [-0.1, -0.05) is 12.1 Å². The molecule has 31 heavy (non-hydrogen) atoms. The van der Waals surface area contributed by atoms with E-state index in [0.29, 0.717) is 18.4 Å². The summed E-state index contributed by atoms with van der Waals surface area (Å²) in [6, 6.07) is 6.90. The van der Waals surface area contributed by atoms with Gasteiger partial charge in [-0.3, -0.25) is 4.79 Å². The second-order valence-corrected chi connectivity index (χ2v) is 9.85. The van der Waals surface area contributed by atoms with Crippen molar-refractivity contribution in [2.45, 2.75) is 64.5 Å². The number of hydrogen-bond donors (Lipinski definition) is 1. The van der Waals surface area contributed by atoms with Crippen molar-refractivity contribution in [3.05, 3.63) is 35.6 Å². The number of ether oxygens (including phenoxy) is 1. The maximum atomic E-state index is 13.2. The monoisotopic (exact) mass is 433 g/mol. The fourth-order valence-corrected chi connectivity index (χ4v) is 4.39. The van der Waals surface area contributed by atoms with Crippen LogP contribution >= 0.6 is 0 Å². The fourth-order valence-electron chi connectivity index (χ4n) is 4.39. The number of halogens is 1. The zero-order valence-corrected chi connectivity index (χ0v) is 19.2. The molecule has 2 aliphatic rings. The van der Waals surface area contributed by atoms with Gasteiger partial charge in [0.05, 0.1) is 0 Å². The van der Waals surface area contributed by atoms with E-state index >= 15 is 0 Å². The first-order chi connectivity index (χ1) is 14.6. The minimum Gasteiger partial charge on any atom is -0.444 e. The molecular weight excluding hydrogens is 397 g/mol. The predicted molar refractivity (Wildman–Crippen MR) is 118 cm³/mol. The lowest BCUT2D eigenvalue weighted by atomic mass is 9.96. The molecule has 2 fully saturated rings. The summed E-state index contributed by atoms with van der Waals surface area (Å²) in [4.78, 5) is 28.4. The molecule has 1 saturated heterocycles. The Morgan fingerprint density at radius 1 is 1.19 bits per heavy atom. The molecule has 1 aliphatic carbocycles. The highest BCUT2D eigenvalue weighted by atomic mass is 19.1. The van der Waals surface area contributed by atoms with E-state index in [9.17, 15) is 14.0 Å². The van der Waals surface area contributed by atoms with Crippen molar-refractivity contribution in [3.63, 3.8) is 0 Å². The highest BCUT2D eigenvalue weighted by molar-refractivity contribution is 5.74. The Labute approximate surface area is 185 Å². The number of hydrogen-bond acceptors (Lipinski definition) is 4. The molecule has 1 heterocycles. The highest BCUT2D eigenvalue weighted by Gasteiger charge is 2.44. The minimum absolute atomic E-state index is 0.124. The van der Waals surface area contributed by atoms with Gasteiger partial charge in [0.2, 0.25) is 5.91 Å². The molecular formula is C24H36FN3O3. The van der Waals surface area contributed by atoms with E-state index in [4.69, 9.17) is 4.74 Å². The Bertz CT molecular complexity index is 754. The van der Waals surface area contributed by atoms with Crippen LogP contribution in [0, 0.1) is 11.7 Å². The number of alkyl carbamates (subject to hydrolysis) is 1. The van der Waals surface area contributed by atoms with Gasteiger partial charge in [-0.05, 0) is 76.7 Å². The van der Waals surface area contributed by atoms with Crippen molar-refractivity contribution in [2.75, 3.05) is 32.7 Å². The summed E-state index contributed by atoms with van der Waals surface area (Å²) >= 11 is 0. The Morgan fingerprint density at radius 3 is 2.42 bits per heavy atom. The Kier molecular flexibility index (Phi) is 7.57. The van der Waals surface area contributed by atoms with Crippen LogP contribution in [-0.2, 0) is 9.53 Å². The molecule has 3 rings (SSSR count). The zero-order chi connectivity index (χ0) is 22.6. The molecule has 0 aromatic heterocycles. The number of carbonyl (C=O) groups excluding carboxylic acids is 2. The molecule has 1 saturated carbocycles. The molecule has 6 nitrogen and oxygen atoms in total. The lowest BCUT2D eigenvalue weighted by Crippen LogP contribution is -2.44. The summed E-state index contributed by atoms with van der Waals surface area (Å²) in [5.74, 6) is 0.716. The van der Waals surface area contributed by atoms with Crippen LogP contribution in [-0.4, -0.2) is 66.2 Å². The van der Waals surface area contributed by atoms with Gasteiger partial charge in [0.25, 0.3) is 0 Å². The summed E-state index contributed by atoms with van der Waals surface area (Å²) in [7, 11) is 0. The second kappa shape index (κ2) is 9.98. The standard InChI is InChI=1S/C24H36FN3O3/c1-17(29)28(22-15-21(22)19-5-7-20(25)8-6-19)16-18-9-12-27(13-10-18)14-11-26-23(30)31-24(2,3)4/h5-8,18,21-22H,9-16H2,1-4H3,(H,26,30).